The highest BCUT2D eigenvalue weighted by Gasteiger charge is 2.35. The molecule has 1 saturated carbocycles. The third kappa shape index (κ3) is 2.57. The van der Waals surface area contributed by atoms with Crippen molar-refractivity contribution in [2.75, 3.05) is 13.6 Å². The van der Waals surface area contributed by atoms with Crippen molar-refractivity contribution in [1.29, 1.82) is 0 Å². The second-order valence-corrected chi connectivity index (χ2v) is 5.51. The van der Waals surface area contributed by atoms with Crippen LogP contribution in [0.15, 0.2) is 22.7 Å². The van der Waals surface area contributed by atoms with Crippen LogP contribution in [0.4, 0.5) is 4.39 Å². The molecule has 3 nitrogen and oxygen atoms in total. The molecular weight excluding hydrogens is 299 g/mol. The van der Waals surface area contributed by atoms with Crippen molar-refractivity contribution < 1.29 is 9.18 Å². The van der Waals surface area contributed by atoms with Gasteiger partial charge in [-0.1, -0.05) is 6.07 Å². The quantitative estimate of drug-likeness (QED) is 0.927. The highest BCUT2D eigenvalue weighted by molar-refractivity contribution is 9.10. The van der Waals surface area contributed by atoms with Gasteiger partial charge < -0.3 is 10.6 Å². The van der Waals surface area contributed by atoms with E-state index in [2.05, 4.69) is 15.9 Å². The summed E-state index contributed by atoms with van der Waals surface area (Å²) in [5.41, 5.74) is 5.79. The van der Waals surface area contributed by atoms with Crippen LogP contribution in [0.1, 0.15) is 23.2 Å². The fourth-order valence-corrected chi connectivity index (χ4v) is 2.52. The zero-order valence-electron chi connectivity index (χ0n) is 10.2. The van der Waals surface area contributed by atoms with Crippen molar-refractivity contribution in [3.05, 3.63) is 34.1 Å². The first-order valence-electron chi connectivity index (χ1n) is 5.97. The van der Waals surface area contributed by atoms with Crippen LogP contribution in [0.25, 0.3) is 0 Å². The molecule has 1 atom stereocenters. The van der Waals surface area contributed by atoms with E-state index in [9.17, 15) is 9.18 Å². The van der Waals surface area contributed by atoms with E-state index in [1.54, 1.807) is 24.1 Å². The summed E-state index contributed by atoms with van der Waals surface area (Å²) in [6, 6.07) is 4.74. The summed E-state index contributed by atoms with van der Waals surface area (Å²) in [6.45, 7) is 0.419. The van der Waals surface area contributed by atoms with Crippen molar-refractivity contribution in [2.45, 2.75) is 18.9 Å². The van der Waals surface area contributed by atoms with E-state index in [4.69, 9.17) is 5.73 Å². The predicted molar refractivity (Wildman–Crippen MR) is 71.8 cm³/mol. The Morgan fingerprint density at radius 2 is 2.28 bits per heavy atom. The van der Waals surface area contributed by atoms with E-state index < -0.39 is 5.82 Å². The summed E-state index contributed by atoms with van der Waals surface area (Å²) >= 11 is 3.09. The first-order chi connectivity index (χ1) is 8.56. The molecule has 1 unspecified atom stereocenters. The minimum absolute atomic E-state index is 0.0101. The van der Waals surface area contributed by atoms with Gasteiger partial charge in [0.25, 0.3) is 5.91 Å². The lowest BCUT2D eigenvalue weighted by atomic mass is 10.1. The molecule has 18 heavy (non-hydrogen) atoms. The number of hydrogen-bond donors (Lipinski definition) is 1. The number of likely N-dealkylation sites (N-methyl/N-ethyl adjacent to an activating group) is 1. The van der Waals surface area contributed by atoms with E-state index in [1.165, 1.54) is 6.07 Å². The number of nitrogens with zero attached hydrogens (tertiary/aromatic N) is 1. The van der Waals surface area contributed by atoms with Gasteiger partial charge in [0.2, 0.25) is 0 Å². The molecule has 0 aliphatic heterocycles. The Morgan fingerprint density at radius 3 is 2.83 bits per heavy atom. The first-order valence-corrected chi connectivity index (χ1v) is 6.76. The molecule has 2 N–H and O–H groups in total. The summed E-state index contributed by atoms with van der Waals surface area (Å²) in [6.07, 6.45) is 2.20. The SMILES string of the molecule is CN(C(=O)c1cccc(Br)c1F)C(CN)C1CC1. The molecule has 1 aliphatic carbocycles. The van der Waals surface area contributed by atoms with Crippen LogP contribution in [0.5, 0.6) is 0 Å². The van der Waals surface area contributed by atoms with Gasteiger partial charge in [-0.3, -0.25) is 4.79 Å². The van der Waals surface area contributed by atoms with Gasteiger partial charge in [-0.05, 0) is 46.8 Å². The average molecular weight is 315 g/mol. The number of halogens is 2. The molecule has 0 aromatic heterocycles. The minimum Gasteiger partial charge on any atom is -0.337 e. The monoisotopic (exact) mass is 314 g/mol. The second kappa shape index (κ2) is 5.36. The fraction of sp³-hybridized carbons (Fsp3) is 0.462. The third-order valence-electron chi connectivity index (χ3n) is 3.41. The Morgan fingerprint density at radius 1 is 1.61 bits per heavy atom. The molecule has 2 rings (SSSR count). The minimum atomic E-state index is -0.513. The largest absolute Gasteiger partial charge is 0.337 e. The summed E-state index contributed by atoms with van der Waals surface area (Å²) in [5.74, 6) is -0.351. The maximum atomic E-state index is 13.9. The topological polar surface area (TPSA) is 46.3 Å². The number of nitrogens with two attached hydrogens (primary N) is 1. The first kappa shape index (κ1) is 13.5. The molecule has 1 aromatic carbocycles. The lowest BCUT2D eigenvalue weighted by Crippen LogP contribution is -2.43. The van der Waals surface area contributed by atoms with Gasteiger partial charge in [0.05, 0.1) is 10.0 Å². The number of amides is 1. The summed E-state index contributed by atoms with van der Waals surface area (Å²) < 4.78 is 14.2. The van der Waals surface area contributed by atoms with Crippen LogP contribution in [-0.2, 0) is 0 Å². The lowest BCUT2D eigenvalue weighted by Gasteiger charge is -2.27. The Kier molecular flexibility index (Phi) is 4.02. The maximum Gasteiger partial charge on any atom is 0.256 e. The Balaban J connectivity index is 2.22. The number of carbonyl (C=O) groups excluding carboxylic acids is 1. The van der Waals surface area contributed by atoms with Crippen LogP contribution in [-0.4, -0.2) is 30.4 Å². The van der Waals surface area contributed by atoms with Gasteiger partial charge >= 0.3 is 0 Å². The van der Waals surface area contributed by atoms with E-state index in [-0.39, 0.29) is 17.5 Å². The zero-order valence-corrected chi connectivity index (χ0v) is 11.8. The molecule has 1 aliphatic rings. The van der Waals surface area contributed by atoms with Crippen molar-refractivity contribution in [2.24, 2.45) is 11.7 Å². The highest BCUT2D eigenvalue weighted by atomic mass is 79.9. The molecule has 0 saturated heterocycles. The van der Waals surface area contributed by atoms with Gasteiger partial charge in [0.1, 0.15) is 5.82 Å². The molecule has 0 spiro atoms. The van der Waals surface area contributed by atoms with Crippen LogP contribution >= 0.6 is 15.9 Å². The van der Waals surface area contributed by atoms with Crippen LogP contribution < -0.4 is 5.73 Å². The van der Waals surface area contributed by atoms with Crippen LogP contribution in [0.2, 0.25) is 0 Å². The lowest BCUT2D eigenvalue weighted by molar-refractivity contribution is 0.0713. The normalized spacial score (nSPS) is 16.4. The van der Waals surface area contributed by atoms with Gasteiger partial charge in [-0.2, -0.15) is 0 Å². The molecule has 98 valence electrons. The molecule has 1 fully saturated rings. The summed E-state index contributed by atoms with van der Waals surface area (Å²) in [7, 11) is 1.69. The Bertz CT molecular complexity index is 462. The van der Waals surface area contributed by atoms with E-state index >= 15 is 0 Å². The second-order valence-electron chi connectivity index (χ2n) is 4.66. The number of hydrogen-bond acceptors (Lipinski definition) is 2. The molecule has 5 heteroatoms. The summed E-state index contributed by atoms with van der Waals surface area (Å²) in [4.78, 5) is 13.8. The fourth-order valence-electron chi connectivity index (χ4n) is 2.16. The van der Waals surface area contributed by atoms with E-state index in [0.717, 1.165) is 12.8 Å². The van der Waals surface area contributed by atoms with Crippen molar-refractivity contribution >= 4 is 21.8 Å². The van der Waals surface area contributed by atoms with Gasteiger partial charge in [-0.25, -0.2) is 4.39 Å². The van der Waals surface area contributed by atoms with Crippen molar-refractivity contribution in [1.82, 2.24) is 4.90 Å². The van der Waals surface area contributed by atoms with Gasteiger partial charge in [0, 0.05) is 19.6 Å². The van der Waals surface area contributed by atoms with E-state index in [0.29, 0.717) is 16.9 Å². The molecular formula is C13H16BrFN2O. The number of benzene rings is 1. The average Bonchev–Trinajstić information content (AvgIpc) is 3.17. The molecule has 0 radical (unpaired) electrons. The van der Waals surface area contributed by atoms with Gasteiger partial charge in [0.15, 0.2) is 0 Å². The van der Waals surface area contributed by atoms with Crippen LogP contribution in [0.3, 0.4) is 0 Å². The van der Waals surface area contributed by atoms with E-state index in [1.807, 2.05) is 0 Å². The zero-order chi connectivity index (χ0) is 13.3. The molecule has 0 heterocycles. The van der Waals surface area contributed by atoms with Crippen molar-refractivity contribution in [3.8, 4) is 0 Å². The molecule has 1 aromatic rings. The van der Waals surface area contributed by atoms with Crippen LogP contribution in [0, 0.1) is 11.7 Å². The smallest absolute Gasteiger partial charge is 0.256 e. The molecule has 1 amide bonds. The predicted octanol–water partition coefficient (Wildman–Crippen LogP) is 2.40. The third-order valence-corrected chi connectivity index (χ3v) is 4.02. The van der Waals surface area contributed by atoms with Gasteiger partial charge in [-0.15, -0.1) is 0 Å². The standard InChI is InChI=1S/C13H16BrFN2O/c1-17(11(7-16)8-5-6-8)13(18)9-3-2-4-10(14)12(9)15/h2-4,8,11H,5-7,16H2,1H3. The Labute approximate surface area is 114 Å². The number of rotatable bonds is 4. The number of carbonyl (C=O) groups is 1. The Hall–Kier alpha value is -0.940. The highest BCUT2D eigenvalue weighted by Crippen LogP contribution is 2.35. The summed E-state index contributed by atoms with van der Waals surface area (Å²) in [5, 5.41) is 0. The maximum absolute atomic E-state index is 13.9. The molecule has 0 bridgehead atoms. The van der Waals surface area contributed by atoms with Crippen molar-refractivity contribution in [3.63, 3.8) is 0 Å².